The van der Waals surface area contributed by atoms with Crippen LogP contribution in [0.25, 0.3) is 0 Å². The molecular formula is C23H34N4O7S. The molecule has 0 saturated carbocycles. The van der Waals surface area contributed by atoms with Gasteiger partial charge in [0.25, 0.3) is 0 Å². The highest BCUT2D eigenvalue weighted by Gasteiger charge is 2.32. The number of aliphatic carboxylic acids is 2. The zero-order valence-electron chi connectivity index (χ0n) is 19.8. The Morgan fingerprint density at radius 1 is 0.943 bits per heavy atom. The minimum Gasteiger partial charge on any atom is -0.481 e. The monoisotopic (exact) mass is 510 g/mol. The van der Waals surface area contributed by atoms with Crippen molar-refractivity contribution in [1.82, 2.24) is 16.0 Å². The molecule has 1 aromatic carbocycles. The molecule has 0 aliphatic carbocycles. The lowest BCUT2D eigenvalue weighted by molar-refractivity contribution is -0.144. The second kappa shape index (κ2) is 15.0. The molecule has 5 atom stereocenters. The number of nitrogens with two attached hydrogens (primary N) is 1. The van der Waals surface area contributed by atoms with E-state index < -0.39 is 66.2 Å². The molecule has 0 saturated heterocycles. The highest BCUT2D eigenvalue weighted by Crippen LogP contribution is 2.10. The molecule has 0 heterocycles. The van der Waals surface area contributed by atoms with Crippen molar-refractivity contribution in [2.75, 3.05) is 5.75 Å². The highest BCUT2D eigenvalue weighted by atomic mass is 32.1. The van der Waals surface area contributed by atoms with Crippen LogP contribution in [0.1, 0.15) is 38.7 Å². The normalized spacial score (nSPS) is 15.1. The Hall–Kier alpha value is -3.12. The zero-order valence-corrected chi connectivity index (χ0v) is 20.7. The zero-order chi connectivity index (χ0) is 26.5. The first-order valence-electron chi connectivity index (χ1n) is 11.3. The van der Waals surface area contributed by atoms with Crippen molar-refractivity contribution in [2.45, 2.75) is 63.7 Å². The summed E-state index contributed by atoms with van der Waals surface area (Å²) in [6.45, 7) is 3.42. The molecular weight excluding hydrogens is 476 g/mol. The quantitative estimate of drug-likeness (QED) is 0.160. The van der Waals surface area contributed by atoms with Gasteiger partial charge >= 0.3 is 11.9 Å². The van der Waals surface area contributed by atoms with Gasteiger partial charge in [0.2, 0.25) is 17.7 Å². The fourth-order valence-corrected chi connectivity index (χ4v) is 3.33. The second-order valence-corrected chi connectivity index (χ2v) is 8.61. The van der Waals surface area contributed by atoms with Gasteiger partial charge in [0, 0.05) is 18.6 Å². The molecule has 0 radical (unpaired) electrons. The summed E-state index contributed by atoms with van der Waals surface area (Å²) in [5.74, 6) is -4.99. The van der Waals surface area contributed by atoms with Crippen LogP contribution in [0.4, 0.5) is 0 Å². The van der Waals surface area contributed by atoms with E-state index in [1.54, 1.807) is 44.2 Å². The molecule has 7 N–H and O–H groups in total. The third-order valence-electron chi connectivity index (χ3n) is 5.51. The van der Waals surface area contributed by atoms with Gasteiger partial charge in [-0.1, -0.05) is 50.6 Å². The second-order valence-electron chi connectivity index (χ2n) is 8.24. The molecule has 0 bridgehead atoms. The number of hydrogen-bond acceptors (Lipinski definition) is 7. The third-order valence-corrected chi connectivity index (χ3v) is 5.90. The molecule has 0 fully saturated rings. The smallest absolute Gasteiger partial charge is 0.326 e. The lowest BCUT2D eigenvalue weighted by Gasteiger charge is -2.26. The van der Waals surface area contributed by atoms with Crippen LogP contribution in [-0.4, -0.2) is 69.8 Å². The number of carbonyl (C=O) groups excluding carboxylic acids is 3. The van der Waals surface area contributed by atoms with Gasteiger partial charge in [-0.2, -0.15) is 12.6 Å². The van der Waals surface area contributed by atoms with Gasteiger partial charge in [-0.05, 0) is 17.9 Å². The Morgan fingerprint density at radius 2 is 1.51 bits per heavy atom. The molecule has 1 aromatic rings. The van der Waals surface area contributed by atoms with Crippen LogP contribution >= 0.6 is 12.6 Å². The minimum atomic E-state index is -1.33. The molecule has 1 rings (SSSR count). The SMILES string of the molecule is CCC(C)C(NC(=O)C(CCC(=O)O)NC(=O)C(Cc1ccccc1)NC(=O)C(N)CS)C(=O)O. The average molecular weight is 511 g/mol. The van der Waals surface area contributed by atoms with Gasteiger partial charge in [-0.15, -0.1) is 0 Å². The number of carbonyl (C=O) groups is 5. The number of nitrogens with one attached hydrogen (secondary N) is 3. The van der Waals surface area contributed by atoms with E-state index in [-0.39, 0.29) is 18.6 Å². The van der Waals surface area contributed by atoms with E-state index in [1.807, 2.05) is 0 Å². The van der Waals surface area contributed by atoms with E-state index >= 15 is 0 Å². The Kier molecular flexibility index (Phi) is 12.8. The lowest BCUT2D eigenvalue weighted by atomic mass is 9.98. The molecule has 11 nitrogen and oxygen atoms in total. The first-order valence-corrected chi connectivity index (χ1v) is 11.9. The van der Waals surface area contributed by atoms with Crippen LogP contribution in [-0.2, 0) is 30.4 Å². The van der Waals surface area contributed by atoms with Crippen LogP contribution in [0.2, 0.25) is 0 Å². The standard InChI is InChI=1S/C23H34N4O7S/c1-3-13(2)19(23(33)34)27-21(31)16(9-10-18(28)29)25-22(32)17(26-20(30)15(24)12-35)11-14-7-5-4-6-8-14/h4-8,13,15-17,19,35H,3,9-12,24H2,1-2H3,(H,25,32)(H,26,30)(H,27,31)(H,28,29)(H,33,34). The first kappa shape index (κ1) is 29.9. The summed E-state index contributed by atoms with van der Waals surface area (Å²) in [4.78, 5) is 61.1. The number of thiol groups is 1. The summed E-state index contributed by atoms with van der Waals surface area (Å²) < 4.78 is 0. The fourth-order valence-electron chi connectivity index (χ4n) is 3.17. The summed E-state index contributed by atoms with van der Waals surface area (Å²) in [5, 5.41) is 25.9. The molecule has 0 aromatic heterocycles. The van der Waals surface area contributed by atoms with E-state index in [0.717, 1.165) is 5.56 Å². The van der Waals surface area contributed by atoms with Gasteiger partial charge in [0.05, 0.1) is 6.04 Å². The van der Waals surface area contributed by atoms with Gasteiger partial charge in [-0.25, -0.2) is 4.79 Å². The maximum absolute atomic E-state index is 13.1. The summed E-state index contributed by atoms with van der Waals surface area (Å²) in [6.07, 6.45) is -0.169. The van der Waals surface area contributed by atoms with Gasteiger partial charge in [-0.3, -0.25) is 19.2 Å². The number of carboxylic acid groups (broad SMARTS) is 2. The van der Waals surface area contributed by atoms with Crippen LogP contribution in [0.15, 0.2) is 30.3 Å². The van der Waals surface area contributed by atoms with Crippen molar-refractivity contribution in [3.8, 4) is 0 Å². The fraction of sp³-hybridized carbons (Fsp3) is 0.522. The van der Waals surface area contributed by atoms with E-state index in [9.17, 15) is 29.1 Å². The van der Waals surface area contributed by atoms with E-state index in [2.05, 4.69) is 28.6 Å². The predicted molar refractivity (Wildman–Crippen MR) is 132 cm³/mol. The van der Waals surface area contributed by atoms with Crippen molar-refractivity contribution >= 4 is 42.3 Å². The number of rotatable bonds is 15. The van der Waals surface area contributed by atoms with Crippen molar-refractivity contribution < 1.29 is 34.2 Å². The molecule has 0 aliphatic heterocycles. The number of hydrogen-bond donors (Lipinski definition) is 7. The molecule has 5 unspecified atom stereocenters. The van der Waals surface area contributed by atoms with Gasteiger partial charge in [0.1, 0.15) is 18.1 Å². The molecule has 3 amide bonds. The number of amides is 3. The molecule has 0 spiro atoms. The summed E-state index contributed by atoms with van der Waals surface area (Å²) in [7, 11) is 0. The van der Waals surface area contributed by atoms with Crippen LogP contribution in [0, 0.1) is 5.92 Å². The lowest BCUT2D eigenvalue weighted by Crippen LogP contribution is -2.58. The maximum atomic E-state index is 13.1. The largest absolute Gasteiger partial charge is 0.481 e. The van der Waals surface area contributed by atoms with Gasteiger partial charge < -0.3 is 31.9 Å². The van der Waals surface area contributed by atoms with E-state index in [4.69, 9.17) is 10.8 Å². The number of benzene rings is 1. The van der Waals surface area contributed by atoms with Crippen molar-refractivity contribution in [1.29, 1.82) is 0 Å². The Morgan fingerprint density at radius 3 is 2.03 bits per heavy atom. The molecule has 0 aliphatic rings. The first-order chi connectivity index (χ1) is 16.5. The summed E-state index contributed by atoms with van der Waals surface area (Å²) in [5.41, 5.74) is 6.43. The maximum Gasteiger partial charge on any atom is 0.326 e. The topological polar surface area (TPSA) is 188 Å². The average Bonchev–Trinajstić information content (AvgIpc) is 2.83. The molecule has 194 valence electrons. The number of carboxylic acids is 2. The highest BCUT2D eigenvalue weighted by molar-refractivity contribution is 7.80. The van der Waals surface area contributed by atoms with Crippen LogP contribution in [0.3, 0.4) is 0 Å². The predicted octanol–water partition coefficient (Wildman–Crippen LogP) is -0.0639. The molecule has 35 heavy (non-hydrogen) atoms. The van der Waals surface area contributed by atoms with Gasteiger partial charge in [0.15, 0.2) is 0 Å². The Labute approximate surface area is 209 Å². The van der Waals surface area contributed by atoms with Crippen LogP contribution in [0.5, 0.6) is 0 Å². The van der Waals surface area contributed by atoms with Crippen LogP contribution < -0.4 is 21.7 Å². The van der Waals surface area contributed by atoms with Crippen molar-refractivity contribution in [2.24, 2.45) is 11.7 Å². The Bertz CT molecular complexity index is 884. The van der Waals surface area contributed by atoms with Crippen molar-refractivity contribution in [3.05, 3.63) is 35.9 Å². The van der Waals surface area contributed by atoms with Crippen molar-refractivity contribution in [3.63, 3.8) is 0 Å². The summed E-state index contributed by atoms with van der Waals surface area (Å²) in [6, 6.07) is 4.17. The van der Waals surface area contributed by atoms with E-state index in [0.29, 0.717) is 6.42 Å². The summed E-state index contributed by atoms with van der Waals surface area (Å²) >= 11 is 3.99. The third kappa shape index (κ3) is 10.4. The minimum absolute atomic E-state index is 0.0430. The molecule has 12 heteroatoms. The van der Waals surface area contributed by atoms with E-state index in [1.165, 1.54) is 0 Å². The Balaban J connectivity index is 3.13.